The Hall–Kier alpha value is -0.615. The largest absolute Gasteiger partial charge is 0.444 e. The summed E-state index contributed by atoms with van der Waals surface area (Å²) in [4.78, 5) is 13.7. The number of amides is 1. The number of nitrogens with zero attached hydrogens (tertiary/aromatic N) is 1. The Bertz CT molecular complexity index is 436. The van der Waals surface area contributed by atoms with Crippen LogP contribution < -0.4 is 0 Å². The van der Waals surface area contributed by atoms with Gasteiger partial charge in [-0.1, -0.05) is 11.5 Å². The van der Waals surface area contributed by atoms with Gasteiger partial charge in [0, 0.05) is 17.8 Å². The van der Waals surface area contributed by atoms with Crippen LogP contribution in [0.15, 0.2) is 11.5 Å². The summed E-state index contributed by atoms with van der Waals surface area (Å²) < 4.78 is 11.0. The molecule has 125 valence electrons. The van der Waals surface area contributed by atoms with Crippen molar-refractivity contribution in [1.29, 1.82) is 0 Å². The summed E-state index contributed by atoms with van der Waals surface area (Å²) in [5.41, 5.74) is 0.267. The first kappa shape index (κ1) is 19.4. The third-order valence-electron chi connectivity index (χ3n) is 3.87. The van der Waals surface area contributed by atoms with Crippen molar-refractivity contribution >= 4 is 26.2 Å². The maximum absolute atomic E-state index is 12.0. The number of ether oxygens (including phenoxy) is 1. The molecule has 1 aliphatic heterocycles. The lowest BCUT2D eigenvalue weighted by Gasteiger charge is -2.38. The van der Waals surface area contributed by atoms with Crippen LogP contribution in [0.3, 0.4) is 0 Å². The first-order valence-corrected chi connectivity index (χ1v) is 8.17. The van der Waals surface area contributed by atoms with E-state index in [-0.39, 0.29) is 16.4 Å². The zero-order chi connectivity index (χ0) is 17.2. The summed E-state index contributed by atoms with van der Waals surface area (Å²) in [7, 11) is 1.80. The molecule has 1 amide bonds. The Morgan fingerprint density at radius 3 is 2.23 bits per heavy atom. The fourth-order valence-corrected chi connectivity index (χ4v) is 1.70. The molecule has 6 heteroatoms. The molecule has 0 aliphatic carbocycles. The zero-order valence-corrected chi connectivity index (χ0v) is 15.8. The summed E-state index contributed by atoms with van der Waals surface area (Å²) in [5, 5.41) is 0. The molecule has 0 aromatic rings. The highest BCUT2D eigenvalue weighted by Crippen LogP contribution is 2.31. The molecule has 22 heavy (non-hydrogen) atoms. The van der Waals surface area contributed by atoms with Gasteiger partial charge < -0.3 is 14.3 Å². The van der Waals surface area contributed by atoms with Crippen LogP contribution in [0, 0.1) is 0 Å². The predicted octanol–water partition coefficient (Wildman–Crippen LogP) is 3.63. The summed E-state index contributed by atoms with van der Waals surface area (Å²) in [6.07, 6.45) is 2.51. The second kappa shape index (κ2) is 6.87. The molecule has 0 N–H and O–H groups in total. The van der Waals surface area contributed by atoms with E-state index in [1.165, 1.54) is 0 Å². The number of thiol groups is 1. The second-order valence-corrected chi connectivity index (χ2v) is 8.88. The van der Waals surface area contributed by atoms with E-state index in [1.54, 1.807) is 12.4 Å². The van der Waals surface area contributed by atoms with E-state index < -0.39 is 5.60 Å². The first-order valence-electron chi connectivity index (χ1n) is 7.72. The standard InChI is InChI=1S/C16H29BNO3S/c1-14(2,3)20-13(19)18-10-8-12(9-11-18)17-21-15(4,5)16(6,7)22/h8,22H,9-11H2,1-7H3. The predicted molar refractivity (Wildman–Crippen MR) is 94.5 cm³/mol. The summed E-state index contributed by atoms with van der Waals surface area (Å²) in [5.74, 6) is 0. The van der Waals surface area contributed by atoms with Crippen LogP contribution in [0.4, 0.5) is 4.79 Å². The molecule has 0 fully saturated rings. The van der Waals surface area contributed by atoms with E-state index in [1.807, 2.05) is 54.5 Å². The number of hydrogen-bond acceptors (Lipinski definition) is 4. The summed E-state index contributed by atoms with van der Waals surface area (Å²) in [6.45, 7) is 14.9. The van der Waals surface area contributed by atoms with Gasteiger partial charge in [-0.15, -0.1) is 0 Å². The van der Waals surface area contributed by atoms with Gasteiger partial charge in [0.2, 0.25) is 0 Å². The molecule has 1 heterocycles. The molecule has 0 atom stereocenters. The number of rotatable bonds is 4. The first-order chi connectivity index (χ1) is 9.82. The average molecular weight is 326 g/mol. The van der Waals surface area contributed by atoms with Gasteiger partial charge in [0.05, 0.1) is 5.60 Å². The van der Waals surface area contributed by atoms with Gasteiger partial charge in [-0.25, -0.2) is 4.79 Å². The van der Waals surface area contributed by atoms with E-state index >= 15 is 0 Å². The molecule has 0 aromatic carbocycles. The molecule has 0 saturated heterocycles. The quantitative estimate of drug-likeness (QED) is 0.633. The third kappa shape index (κ3) is 5.88. The van der Waals surface area contributed by atoms with E-state index in [2.05, 4.69) is 12.6 Å². The molecular formula is C16H29BNO3S. The lowest BCUT2D eigenvalue weighted by atomic mass is 9.80. The Morgan fingerprint density at radius 1 is 1.23 bits per heavy atom. The van der Waals surface area contributed by atoms with Crippen molar-refractivity contribution in [2.45, 2.75) is 70.8 Å². The average Bonchev–Trinajstić information content (AvgIpc) is 2.33. The zero-order valence-electron chi connectivity index (χ0n) is 14.9. The highest BCUT2D eigenvalue weighted by molar-refractivity contribution is 7.81. The van der Waals surface area contributed by atoms with Gasteiger partial charge in [0.25, 0.3) is 0 Å². The van der Waals surface area contributed by atoms with Crippen molar-refractivity contribution in [3.8, 4) is 0 Å². The van der Waals surface area contributed by atoms with Gasteiger partial charge in [0.15, 0.2) is 0 Å². The third-order valence-corrected chi connectivity index (χ3v) is 4.41. The van der Waals surface area contributed by atoms with Gasteiger partial charge in [-0.05, 0) is 54.9 Å². The van der Waals surface area contributed by atoms with Crippen LogP contribution >= 0.6 is 12.6 Å². The van der Waals surface area contributed by atoms with Crippen molar-refractivity contribution in [2.75, 3.05) is 13.1 Å². The Labute approximate surface area is 141 Å². The van der Waals surface area contributed by atoms with Crippen LogP contribution in [0.1, 0.15) is 54.9 Å². The van der Waals surface area contributed by atoms with Gasteiger partial charge >= 0.3 is 13.6 Å². The maximum atomic E-state index is 12.0. The van der Waals surface area contributed by atoms with Crippen molar-refractivity contribution in [2.24, 2.45) is 0 Å². The summed E-state index contributed by atoms with van der Waals surface area (Å²) >= 11 is 4.58. The van der Waals surface area contributed by atoms with Crippen LogP contribution in [0.25, 0.3) is 0 Å². The highest BCUT2D eigenvalue weighted by Gasteiger charge is 2.35. The smallest absolute Gasteiger partial charge is 0.410 e. The maximum Gasteiger partial charge on any atom is 0.410 e. The van der Waals surface area contributed by atoms with Gasteiger partial charge in [-0.3, -0.25) is 0 Å². The number of hydrogen-bond donors (Lipinski definition) is 1. The Kier molecular flexibility index (Phi) is 6.07. The fourth-order valence-electron chi connectivity index (χ4n) is 1.65. The lowest BCUT2D eigenvalue weighted by molar-refractivity contribution is 0.0265. The van der Waals surface area contributed by atoms with Crippen LogP contribution in [-0.4, -0.2) is 47.5 Å². The van der Waals surface area contributed by atoms with E-state index in [0.717, 1.165) is 11.9 Å². The van der Waals surface area contributed by atoms with Crippen LogP contribution in [0.5, 0.6) is 0 Å². The van der Waals surface area contributed by atoms with E-state index in [9.17, 15) is 4.79 Å². The van der Waals surface area contributed by atoms with Crippen LogP contribution in [-0.2, 0) is 9.39 Å². The molecule has 0 bridgehead atoms. The van der Waals surface area contributed by atoms with Crippen molar-refractivity contribution in [3.63, 3.8) is 0 Å². The Morgan fingerprint density at radius 2 is 1.82 bits per heavy atom. The topological polar surface area (TPSA) is 38.8 Å². The van der Waals surface area contributed by atoms with Crippen molar-refractivity contribution < 1.29 is 14.2 Å². The minimum Gasteiger partial charge on any atom is -0.444 e. The van der Waals surface area contributed by atoms with Gasteiger partial charge in [0.1, 0.15) is 5.60 Å². The normalized spacial score (nSPS) is 17.1. The molecule has 0 aromatic heterocycles. The summed E-state index contributed by atoms with van der Waals surface area (Å²) in [6, 6.07) is 0. The highest BCUT2D eigenvalue weighted by atomic mass is 32.1. The molecule has 1 aliphatic rings. The minimum absolute atomic E-state index is 0.249. The number of carbonyl (C=O) groups excluding carboxylic acids is 1. The number of carbonyl (C=O) groups is 1. The van der Waals surface area contributed by atoms with E-state index in [4.69, 9.17) is 9.39 Å². The molecule has 0 saturated carbocycles. The fraction of sp³-hybridized carbons (Fsp3) is 0.812. The molecular weight excluding hydrogens is 297 g/mol. The molecule has 0 spiro atoms. The van der Waals surface area contributed by atoms with Gasteiger partial charge in [-0.2, -0.15) is 12.6 Å². The van der Waals surface area contributed by atoms with Crippen LogP contribution in [0.2, 0.25) is 0 Å². The van der Waals surface area contributed by atoms with Crippen molar-refractivity contribution in [1.82, 2.24) is 4.90 Å². The Balaban J connectivity index is 2.50. The van der Waals surface area contributed by atoms with Crippen molar-refractivity contribution in [3.05, 3.63) is 11.5 Å². The molecule has 1 radical (unpaired) electrons. The molecule has 1 rings (SSSR count). The van der Waals surface area contributed by atoms with E-state index in [0.29, 0.717) is 13.1 Å². The monoisotopic (exact) mass is 326 g/mol. The molecule has 0 unspecified atom stereocenters. The molecule has 4 nitrogen and oxygen atoms in total. The second-order valence-electron chi connectivity index (χ2n) is 7.76. The SMILES string of the molecule is CC(C)(C)OC(=O)N1CC=C([B]OC(C)(C)C(C)(C)S)CC1. The lowest BCUT2D eigenvalue weighted by Crippen LogP contribution is -2.45. The minimum atomic E-state index is -0.460.